The van der Waals surface area contributed by atoms with Gasteiger partial charge in [-0.05, 0) is 6.92 Å². The zero-order valence-electron chi connectivity index (χ0n) is 10.1. The highest BCUT2D eigenvalue weighted by Crippen LogP contribution is 2.12. The first-order valence-electron chi connectivity index (χ1n) is 5.77. The van der Waals surface area contributed by atoms with Crippen molar-refractivity contribution in [2.45, 2.75) is 19.5 Å². The molecule has 1 aromatic rings. The minimum absolute atomic E-state index is 0.0307. The zero-order valence-corrected chi connectivity index (χ0v) is 10.1. The highest BCUT2D eigenvalue weighted by atomic mass is 16.5. The van der Waals surface area contributed by atoms with Gasteiger partial charge in [0.15, 0.2) is 6.04 Å². The molecule has 1 aliphatic heterocycles. The van der Waals surface area contributed by atoms with Crippen molar-refractivity contribution in [3.05, 3.63) is 18.0 Å². The molecule has 7 heteroatoms. The maximum absolute atomic E-state index is 12.2. The van der Waals surface area contributed by atoms with E-state index in [-0.39, 0.29) is 19.1 Å². The number of aromatic nitrogens is 2. The molecule has 1 aromatic heterocycles. The van der Waals surface area contributed by atoms with Crippen molar-refractivity contribution in [1.82, 2.24) is 14.7 Å². The number of carboxylic acids is 1. The molecule has 0 unspecified atom stereocenters. The highest BCUT2D eigenvalue weighted by molar-refractivity contribution is 5.96. The van der Waals surface area contributed by atoms with Gasteiger partial charge in [-0.1, -0.05) is 0 Å². The summed E-state index contributed by atoms with van der Waals surface area (Å²) in [5.74, 6) is -1.36. The number of morpholine rings is 1. The number of hydrogen-bond acceptors (Lipinski definition) is 4. The Morgan fingerprint density at radius 1 is 1.61 bits per heavy atom. The molecule has 1 fully saturated rings. The summed E-state index contributed by atoms with van der Waals surface area (Å²) in [7, 11) is 0. The summed E-state index contributed by atoms with van der Waals surface area (Å²) in [5, 5.41) is 13.1. The minimum atomic E-state index is -1.05. The Bertz CT molecular complexity index is 457. The Morgan fingerprint density at radius 3 is 3.00 bits per heavy atom. The van der Waals surface area contributed by atoms with Crippen LogP contribution in [0, 0.1) is 0 Å². The van der Waals surface area contributed by atoms with Gasteiger partial charge in [0.1, 0.15) is 0 Å². The molecule has 7 nitrogen and oxygen atoms in total. The van der Waals surface area contributed by atoms with E-state index in [1.165, 1.54) is 11.1 Å². The molecule has 1 N–H and O–H groups in total. The molecule has 0 bridgehead atoms. The van der Waals surface area contributed by atoms with E-state index in [2.05, 4.69) is 5.10 Å². The van der Waals surface area contributed by atoms with Crippen molar-refractivity contribution in [3.63, 3.8) is 0 Å². The molecule has 0 spiro atoms. The first-order chi connectivity index (χ1) is 8.63. The fourth-order valence-electron chi connectivity index (χ4n) is 1.86. The van der Waals surface area contributed by atoms with Gasteiger partial charge in [-0.2, -0.15) is 5.10 Å². The molecule has 1 atom stereocenters. The second kappa shape index (κ2) is 5.18. The van der Waals surface area contributed by atoms with Crippen LogP contribution in [0.2, 0.25) is 0 Å². The van der Waals surface area contributed by atoms with Crippen LogP contribution in [0.15, 0.2) is 12.4 Å². The maximum Gasteiger partial charge on any atom is 0.328 e. The molecule has 1 saturated heterocycles. The van der Waals surface area contributed by atoms with Crippen molar-refractivity contribution in [2.75, 3.05) is 19.8 Å². The lowest BCUT2D eigenvalue weighted by Gasteiger charge is -2.32. The Morgan fingerprint density at radius 2 is 2.39 bits per heavy atom. The molecule has 0 radical (unpaired) electrons. The van der Waals surface area contributed by atoms with Gasteiger partial charge in [-0.3, -0.25) is 9.48 Å². The van der Waals surface area contributed by atoms with Gasteiger partial charge < -0.3 is 14.7 Å². The van der Waals surface area contributed by atoms with Gasteiger partial charge in [-0.25, -0.2) is 4.79 Å². The van der Waals surface area contributed by atoms with Gasteiger partial charge in [-0.15, -0.1) is 0 Å². The summed E-state index contributed by atoms with van der Waals surface area (Å²) in [4.78, 5) is 24.6. The molecule has 2 rings (SSSR count). The molecular formula is C11H15N3O4. The lowest BCUT2D eigenvalue weighted by atomic mass is 10.2. The van der Waals surface area contributed by atoms with Crippen molar-refractivity contribution in [1.29, 1.82) is 0 Å². The Kier molecular flexibility index (Phi) is 3.61. The van der Waals surface area contributed by atoms with Crippen LogP contribution >= 0.6 is 0 Å². The lowest BCUT2D eigenvalue weighted by Crippen LogP contribution is -2.52. The van der Waals surface area contributed by atoms with Crippen LogP contribution in [0.25, 0.3) is 0 Å². The molecule has 1 amide bonds. The average Bonchev–Trinajstić information content (AvgIpc) is 2.86. The largest absolute Gasteiger partial charge is 0.480 e. The third kappa shape index (κ3) is 2.35. The first kappa shape index (κ1) is 12.6. The van der Waals surface area contributed by atoms with Crippen LogP contribution in [-0.2, 0) is 16.1 Å². The van der Waals surface area contributed by atoms with Gasteiger partial charge in [0.25, 0.3) is 5.91 Å². The monoisotopic (exact) mass is 253 g/mol. The predicted molar refractivity (Wildman–Crippen MR) is 61.2 cm³/mol. The van der Waals surface area contributed by atoms with Crippen molar-refractivity contribution < 1.29 is 19.4 Å². The quantitative estimate of drug-likeness (QED) is 0.808. The standard InChI is InChI=1S/C11H15N3O4/c1-2-13-6-8(5-12-13)10(15)14-3-4-18-7-9(14)11(16)17/h5-6,9H,2-4,7H2,1H3,(H,16,17)/t9-/m1/s1. The number of carbonyl (C=O) groups is 2. The summed E-state index contributed by atoms with van der Waals surface area (Å²) in [6, 6.07) is -0.920. The number of ether oxygens (including phenoxy) is 1. The third-order valence-corrected chi connectivity index (χ3v) is 2.88. The van der Waals surface area contributed by atoms with Gasteiger partial charge in [0, 0.05) is 19.3 Å². The second-order valence-corrected chi connectivity index (χ2v) is 4.01. The Balaban J connectivity index is 2.17. The molecule has 18 heavy (non-hydrogen) atoms. The number of aliphatic carboxylic acids is 1. The Hall–Kier alpha value is -1.89. The van der Waals surface area contributed by atoms with Crippen LogP contribution in [0.3, 0.4) is 0 Å². The van der Waals surface area contributed by atoms with E-state index in [1.54, 1.807) is 10.9 Å². The Labute approximate surface area is 104 Å². The van der Waals surface area contributed by atoms with Crippen LogP contribution in [0.5, 0.6) is 0 Å². The van der Waals surface area contributed by atoms with Crippen molar-refractivity contribution in [2.24, 2.45) is 0 Å². The van der Waals surface area contributed by atoms with Crippen LogP contribution in [0.4, 0.5) is 0 Å². The van der Waals surface area contributed by atoms with E-state index in [1.807, 2.05) is 6.92 Å². The fourth-order valence-corrected chi connectivity index (χ4v) is 1.86. The van der Waals surface area contributed by atoms with Gasteiger partial charge in [0.2, 0.25) is 0 Å². The number of carbonyl (C=O) groups excluding carboxylic acids is 1. The number of amides is 1. The number of carboxylic acid groups (broad SMARTS) is 1. The molecule has 0 aliphatic carbocycles. The molecular weight excluding hydrogens is 238 g/mol. The van der Waals surface area contributed by atoms with E-state index in [9.17, 15) is 9.59 Å². The number of nitrogens with zero attached hydrogens (tertiary/aromatic N) is 3. The van der Waals surface area contributed by atoms with E-state index < -0.39 is 12.0 Å². The number of aryl methyl sites for hydroxylation is 1. The highest BCUT2D eigenvalue weighted by Gasteiger charge is 2.33. The second-order valence-electron chi connectivity index (χ2n) is 4.01. The minimum Gasteiger partial charge on any atom is -0.480 e. The summed E-state index contributed by atoms with van der Waals surface area (Å²) >= 11 is 0. The van der Waals surface area contributed by atoms with Crippen LogP contribution < -0.4 is 0 Å². The zero-order chi connectivity index (χ0) is 13.1. The average molecular weight is 253 g/mol. The number of rotatable bonds is 3. The molecule has 0 aromatic carbocycles. The molecule has 98 valence electrons. The molecule has 1 aliphatic rings. The summed E-state index contributed by atoms with van der Waals surface area (Å²) in [6.07, 6.45) is 3.08. The van der Waals surface area contributed by atoms with Crippen molar-refractivity contribution in [3.8, 4) is 0 Å². The van der Waals surface area contributed by atoms with E-state index in [0.717, 1.165) is 0 Å². The molecule has 2 heterocycles. The van der Waals surface area contributed by atoms with Gasteiger partial charge in [0.05, 0.1) is 25.0 Å². The van der Waals surface area contributed by atoms with E-state index in [4.69, 9.17) is 9.84 Å². The number of hydrogen-bond donors (Lipinski definition) is 1. The summed E-state index contributed by atoms with van der Waals surface area (Å²) < 4.78 is 6.72. The van der Waals surface area contributed by atoms with Crippen LogP contribution in [0.1, 0.15) is 17.3 Å². The first-order valence-corrected chi connectivity index (χ1v) is 5.77. The van der Waals surface area contributed by atoms with E-state index >= 15 is 0 Å². The van der Waals surface area contributed by atoms with Crippen molar-refractivity contribution >= 4 is 11.9 Å². The smallest absolute Gasteiger partial charge is 0.328 e. The normalized spacial score (nSPS) is 19.8. The van der Waals surface area contributed by atoms with E-state index in [0.29, 0.717) is 18.7 Å². The third-order valence-electron chi connectivity index (χ3n) is 2.88. The fraction of sp³-hybridized carbons (Fsp3) is 0.545. The maximum atomic E-state index is 12.2. The molecule has 0 saturated carbocycles. The summed E-state index contributed by atoms with van der Waals surface area (Å²) in [5.41, 5.74) is 0.407. The van der Waals surface area contributed by atoms with Gasteiger partial charge >= 0.3 is 5.97 Å². The SMILES string of the molecule is CCn1cc(C(=O)N2CCOC[C@@H]2C(=O)O)cn1. The van der Waals surface area contributed by atoms with Crippen LogP contribution in [-0.4, -0.2) is 57.5 Å². The lowest BCUT2D eigenvalue weighted by molar-refractivity contribution is -0.147. The topological polar surface area (TPSA) is 84.7 Å². The summed E-state index contributed by atoms with van der Waals surface area (Å²) in [6.45, 7) is 3.25. The predicted octanol–water partition coefficient (Wildman–Crippen LogP) is -0.171.